The average Bonchev–Trinajstić information content (AvgIpc) is 2.66. The third-order valence-electron chi connectivity index (χ3n) is 6.16. The molecule has 2 atom stereocenters. The highest BCUT2D eigenvalue weighted by molar-refractivity contribution is 5.87. The predicted molar refractivity (Wildman–Crippen MR) is 101 cm³/mol. The Balaban J connectivity index is 1.55. The Morgan fingerprint density at radius 1 is 1.33 bits per heavy atom. The molecule has 0 unspecified atom stereocenters. The quantitative estimate of drug-likeness (QED) is 0.839. The van der Waals surface area contributed by atoms with Crippen molar-refractivity contribution in [1.82, 2.24) is 4.90 Å². The van der Waals surface area contributed by atoms with Gasteiger partial charge in [-0.1, -0.05) is 12.8 Å². The van der Waals surface area contributed by atoms with Crippen molar-refractivity contribution < 1.29 is 19.1 Å². The molecular weight excluding hydrogens is 346 g/mol. The summed E-state index contributed by atoms with van der Waals surface area (Å²) in [6, 6.07) is 6.66. The number of likely N-dealkylation sites (tertiary alicyclic amines) is 1. The van der Waals surface area contributed by atoms with Crippen LogP contribution in [0.1, 0.15) is 37.7 Å². The number of ether oxygens (including phenoxy) is 1. The molecule has 1 amide bonds. The van der Waals surface area contributed by atoms with E-state index in [0.717, 1.165) is 31.1 Å². The number of amides is 1. The van der Waals surface area contributed by atoms with Crippen LogP contribution in [-0.2, 0) is 11.2 Å². The van der Waals surface area contributed by atoms with Crippen molar-refractivity contribution in [3.05, 3.63) is 40.2 Å². The van der Waals surface area contributed by atoms with Crippen molar-refractivity contribution in [2.45, 2.75) is 44.1 Å². The molecule has 1 aliphatic carbocycles. The number of benzene rings is 1. The molecule has 6 heteroatoms. The Labute approximate surface area is 157 Å². The lowest BCUT2D eigenvalue weighted by Crippen LogP contribution is -2.54. The standard InChI is InChI=1S/C21H25NO5/c1-26-16-5-6-17-14(11-20(24)27-18(17)12-16)10-19(23)22-9-8-21(25)7-3-2-4-15(21)13-22/h5-6,11-12,15,25H,2-4,7-10,13H2,1H3/t15-,21+/m1/s1. The number of aliphatic hydroxyl groups is 1. The van der Waals surface area contributed by atoms with Crippen molar-refractivity contribution in [3.8, 4) is 5.75 Å². The van der Waals surface area contributed by atoms with Crippen LogP contribution in [0.5, 0.6) is 5.75 Å². The van der Waals surface area contributed by atoms with Gasteiger partial charge in [-0.25, -0.2) is 4.79 Å². The van der Waals surface area contributed by atoms with Crippen LogP contribution in [0.15, 0.2) is 33.5 Å². The molecule has 6 nitrogen and oxygen atoms in total. The smallest absolute Gasteiger partial charge is 0.336 e. The molecule has 0 radical (unpaired) electrons. The minimum Gasteiger partial charge on any atom is -0.497 e. The molecule has 2 heterocycles. The number of fused-ring (bicyclic) bond motifs is 2. The SMILES string of the molecule is COc1ccc2c(CC(=O)N3CC[C@@]4(O)CCCC[C@@H]4C3)cc(=O)oc2c1. The number of carbonyl (C=O) groups is 1. The van der Waals surface area contributed by atoms with Crippen LogP contribution >= 0.6 is 0 Å². The fraction of sp³-hybridized carbons (Fsp3) is 0.524. The first-order valence-electron chi connectivity index (χ1n) is 9.59. The van der Waals surface area contributed by atoms with Crippen LogP contribution in [0, 0.1) is 5.92 Å². The van der Waals surface area contributed by atoms with E-state index in [1.165, 1.54) is 6.07 Å². The predicted octanol–water partition coefficient (Wildman–Crippen LogP) is 2.50. The van der Waals surface area contributed by atoms with Gasteiger partial charge in [0, 0.05) is 36.5 Å². The largest absolute Gasteiger partial charge is 0.497 e. The molecule has 1 aromatic heterocycles. The zero-order chi connectivity index (χ0) is 19.0. The molecule has 2 fully saturated rings. The van der Waals surface area contributed by atoms with Crippen molar-refractivity contribution >= 4 is 16.9 Å². The number of hydrogen-bond acceptors (Lipinski definition) is 5. The van der Waals surface area contributed by atoms with Gasteiger partial charge < -0.3 is 19.2 Å². The maximum absolute atomic E-state index is 12.9. The summed E-state index contributed by atoms with van der Waals surface area (Å²) < 4.78 is 10.4. The lowest BCUT2D eigenvalue weighted by atomic mass is 9.71. The van der Waals surface area contributed by atoms with E-state index in [4.69, 9.17) is 9.15 Å². The minimum absolute atomic E-state index is 0.00894. The molecule has 0 bridgehead atoms. The van der Waals surface area contributed by atoms with Crippen LogP contribution in [0.25, 0.3) is 11.0 Å². The molecule has 2 aliphatic rings. The van der Waals surface area contributed by atoms with Gasteiger partial charge >= 0.3 is 5.63 Å². The molecule has 1 saturated carbocycles. The fourth-order valence-electron chi connectivity index (χ4n) is 4.56. The minimum atomic E-state index is -0.605. The zero-order valence-electron chi connectivity index (χ0n) is 15.6. The Morgan fingerprint density at radius 3 is 3.00 bits per heavy atom. The maximum atomic E-state index is 12.9. The fourth-order valence-corrected chi connectivity index (χ4v) is 4.56. The second-order valence-corrected chi connectivity index (χ2v) is 7.77. The van der Waals surface area contributed by atoms with Crippen LogP contribution in [0.4, 0.5) is 0 Å². The van der Waals surface area contributed by atoms with Gasteiger partial charge in [0.1, 0.15) is 11.3 Å². The first-order chi connectivity index (χ1) is 13.0. The number of rotatable bonds is 3. The van der Waals surface area contributed by atoms with Crippen LogP contribution in [0.3, 0.4) is 0 Å². The summed E-state index contributed by atoms with van der Waals surface area (Å²) in [5.74, 6) is 0.748. The molecule has 1 saturated heterocycles. The lowest BCUT2D eigenvalue weighted by molar-refractivity contribution is -0.142. The molecule has 1 aromatic carbocycles. The van der Waals surface area contributed by atoms with E-state index in [1.54, 1.807) is 19.2 Å². The second kappa shape index (κ2) is 7.00. The van der Waals surface area contributed by atoms with E-state index in [-0.39, 0.29) is 18.2 Å². The van der Waals surface area contributed by atoms with Crippen molar-refractivity contribution in [1.29, 1.82) is 0 Å². The Kier molecular flexibility index (Phi) is 4.68. The number of methoxy groups -OCH3 is 1. The molecule has 144 valence electrons. The second-order valence-electron chi connectivity index (χ2n) is 7.77. The van der Waals surface area contributed by atoms with Gasteiger partial charge in [0.05, 0.1) is 19.1 Å². The number of nitrogens with zero attached hydrogens (tertiary/aromatic N) is 1. The Hall–Kier alpha value is -2.34. The van der Waals surface area contributed by atoms with Gasteiger partial charge in [0.15, 0.2) is 0 Å². The Bertz CT molecular complexity index is 920. The third kappa shape index (κ3) is 3.46. The zero-order valence-corrected chi connectivity index (χ0v) is 15.6. The van der Waals surface area contributed by atoms with E-state index in [1.807, 2.05) is 11.0 Å². The third-order valence-corrected chi connectivity index (χ3v) is 6.16. The summed E-state index contributed by atoms with van der Waals surface area (Å²) in [6.45, 7) is 1.17. The summed E-state index contributed by atoms with van der Waals surface area (Å²) in [5.41, 5.74) is 0.00807. The summed E-state index contributed by atoms with van der Waals surface area (Å²) in [5, 5.41) is 11.5. The van der Waals surface area contributed by atoms with Gasteiger partial charge in [-0.2, -0.15) is 0 Å². The summed E-state index contributed by atoms with van der Waals surface area (Å²) in [4.78, 5) is 26.7. The first kappa shape index (κ1) is 18.0. The average molecular weight is 371 g/mol. The van der Waals surface area contributed by atoms with E-state index >= 15 is 0 Å². The molecule has 1 aliphatic heterocycles. The molecule has 27 heavy (non-hydrogen) atoms. The summed E-state index contributed by atoms with van der Waals surface area (Å²) in [7, 11) is 1.55. The van der Waals surface area contributed by atoms with Crippen molar-refractivity contribution in [3.63, 3.8) is 0 Å². The molecule has 0 spiro atoms. The molecule has 2 aromatic rings. The number of piperidine rings is 1. The highest BCUT2D eigenvalue weighted by Crippen LogP contribution is 2.39. The monoisotopic (exact) mass is 371 g/mol. The lowest BCUT2D eigenvalue weighted by Gasteiger charge is -2.47. The molecular formula is C21H25NO5. The molecule has 1 N–H and O–H groups in total. The number of carbonyl (C=O) groups excluding carboxylic acids is 1. The van der Waals surface area contributed by atoms with Crippen molar-refractivity contribution in [2.75, 3.05) is 20.2 Å². The highest BCUT2D eigenvalue weighted by atomic mass is 16.5. The van der Waals surface area contributed by atoms with Gasteiger partial charge in [-0.05, 0) is 37.0 Å². The van der Waals surface area contributed by atoms with Gasteiger partial charge in [-0.3, -0.25) is 4.79 Å². The first-order valence-corrected chi connectivity index (χ1v) is 9.59. The van der Waals surface area contributed by atoms with Crippen LogP contribution in [0.2, 0.25) is 0 Å². The molecule has 4 rings (SSSR count). The van der Waals surface area contributed by atoms with E-state index < -0.39 is 11.2 Å². The van der Waals surface area contributed by atoms with E-state index in [9.17, 15) is 14.7 Å². The summed E-state index contributed by atoms with van der Waals surface area (Å²) >= 11 is 0. The van der Waals surface area contributed by atoms with E-state index in [2.05, 4.69) is 0 Å². The van der Waals surface area contributed by atoms with Gasteiger partial charge in [-0.15, -0.1) is 0 Å². The van der Waals surface area contributed by atoms with Crippen LogP contribution in [-0.4, -0.2) is 41.7 Å². The number of hydrogen-bond donors (Lipinski definition) is 1. The van der Waals surface area contributed by atoms with Crippen molar-refractivity contribution in [2.24, 2.45) is 5.92 Å². The maximum Gasteiger partial charge on any atom is 0.336 e. The van der Waals surface area contributed by atoms with Gasteiger partial charge in [0.25, 0.3) is 0 Å². The topological polar surface area (TPSA) is 80.0 Å². The van der Waals surface area contributed by atoms with Gasteiger partial charge in [0.2, 0.25) is 5.91 Å². The highest BCUT2D eigenvalue weighted by Gasteiger charge is 2.43. The van der Waals surface area contributed by atoms with E-state index in [0.29, 0.717) is 36.4 Å². The Morgan fingerprint density at radius 2 is 2.19 bits per heavy atom. The van der Waals surface area contributed by atoms with Crippen LogP contribution < -0.4 is 10.4 Å². The normalized spacial score (nSPS) is 25.3. The summed E-state index contributed by atoms with van der Waals surface area (Å²) in [6.07, 6.45) is 4.78.